The van der Waals surface area contributed by atoms with Crippen molar-refractivity contribution in [1.29, 1.82) is 0 Å². The summed E-state index contributed by atoms with van der Waals surface area (Å²) < 4.78 is 0. The Morgan fingerprint density at radius 2 is 1.74 bits per heavy atom. The lowest BCUT2D eigenvalue weighted by Gasteiger charge is -2.24. The first-order valence-corrected chi connectivity index (χ1v) is 11.0. The normalized spacial score (nSPS) is 12.7. The molecule has 0 heterocycles. The molecule has 1 heteroatoms. The number of allylic oxidation sites excluding steroid dienone is 2. The van der Waals surface area contributed by atoms with Crippen molar-refractivity contribution >= 4 is 8.07 Å². The van der Waals surface area contributed by atoms with Crippen molar-refractivity contribution in [3.63, 3.8) is 0 Å². The molecule has 0 aliphatic rings. The average molecular weight is 275 g/mol. The highest BCUT2D eigenvalue weighted by Gasteiger charge is 2.22. The third kappa shape index (κ3) is 6.24. The summed E-state index contributed by atoms with van der Waals surface area (Å²) in [6.07, 6.45) is 9.26. The molecule has 0 bridgehead atoms. The van der Waals surface area contributed by atoms with Crippen LogP contribution < -0.4 is 0 Å². The van der Waals surface area contributed by atoms with Crippen molar-refractivity contribution in [2.24, 2.45) is 0 Å². The van der Waals surface area contributed by atoms with Crippen molar-refractivity contribution in [2.75, 3.05) is 0 Å². The first-order valence-electron chi connectivity index (χ1n) is 7.77. The molecular weight excluding hydrogens is 244 g/mol. The second-order valence-electron chi connectivity index (χ2n) is 6.28. The molecule has 1 aromatic carbocycles. The fourth-order valence-electron chi connectivity index (χ4n) is 2.41. The summed E-state index contributed by atoms with van der Waals surface area (Å²) in [6, 6.07) is 12.2. The zero-order chi connectivity index (χ0) is 14.1. The first kappa shape index (κ1) is 16.2. The van der Waals surface area contributed by atoms with E-state index in [2.05, 4.69) is 63.3 Å². The van der Waals surface area contributed by atoms with E-state index < -0.39 is 8.07 Å². The van der Waals surface area contributed by atoms with E-state index in [1.807, 2.05) is 0 Å². The molecule has 0 N–H and O–H groups in total. The molecule has 0 fully saturated rings. The molecule has 0 amide bonds. The maximum atomic E-state index is 2.52. The maximum Gasteiger partial charge on any atom is 0.0789 e. The second-order valence-corrected chi connectivity index (χ2v) is 11.2. The van der Waals surface area contributed by atoms with Gasteiger partial charge in [0, 0.05) is 0 Å². The van der Waals surface area contributed by atoms with Crippen molar-refractivity contribution in [3.8, 4) is 0 Å². The predicted molar refractivity (Wildman–Crippen MR) is 90.1 cm³/mol. The van der Waals surface area contributed by atoms with Crippen LogP contribution in [0.25, 0.3) is 0 Å². The lowest BCUT2D eigenvalue weighted by molar-refractivity contribution is 0.674. The van der Waals surface area contributed by atoms with E-state index in [9.17, 15) is 0 Å². The van der Waals surface area contributed by atoms with E-state index in [1.165, 1.54) is 43.7 Å². The quantitative estimate of drug-likeness (QED) is 0.407. The fourth-order valence-corrected chi connectivity index (χ4v) is 4.64. The van der Waals surface area contributed by atoms with Gasteiger partial charge in [0.05, 0.1) is 8.07 Å². The molecule has 0 aromatic heterocycles. The third-order valence-electron chi connectivity index (χ3n) is 4.06. The molecule has 0 atom stereocenters. The molecule has 0 saturated heterocycles. The molecule has 1 rings (SSSR count). The number of unbranched alkanes of at least 4 members (excludes halogenated alkanes) is 4. The highest BCUT2D eigenvalue weighted by atomic mass is 28.3. The van der Waals surface area contributed by atoms with Gasteiger partial charge in [-0.1, -0.05) is 86.4 Å². The van der Waals surface area contributed by atoms with E-state index in [-0.39, 0.29) is 0 Å². The standard InChI is InChI=1S/C18H30Si/c1-5-6-7-8-10-13-17(2)19(3,4)16-18-14-11-9-12-15-18/h9,11-15H,5-8,10,16H2,1-4H3/b17-13+. The molecule has 1 aromatic rings. The van der Waals surface area contributed by atoms with Crippen LogP contribution in [0.4, 0.5) is 0 Å². The van der Waals surface area contributed by atoms with Gasteiger partial charge in [-0.15, -0.1) is 0 Å². The van der Waals surface area contributed by atoms with Crippen LogP contribution in [0.3, 0.4) is 0 Å². The lowest BCUT2D eigenvalue weighted by Crippen LogP contribution is -2.31. The Bertz CT molecular complexity index is 376. The van der Waals surface area contributed by atoms with E-state index in [4.69, 9.17) is 0 Å². The minimum absolute atomic E-state index is 1.25. The molecule has 0 aliphatic heterocycles. The van der Waals surface area contributed by atoms with Gasteiger partial charge in [-0.05, 0) is 25.8 Å². The Kier molecular flexibility index (Phi) is 7.15. The van der Waals surface area contributed by atoms with Gasteiger partial charge >= 0.3 is 0 Å². The molecule has 0 spiro atoms. The van der Waals surface area contributed by atoms with Crippen LogP contribution in [-0.2, 0) is 6.04 Å². The van der Waals surface area contributed by atoms with E-state index in [1.54, 1.807) is 5.20 Å². The maximum absolute atomic E-state index is 2.52. The molecule has 0 radical (unpaired) electrons. The summed E-state index contributed by atoms with van der Waals surface area (Å²) in [7, 11) is -1.25. The summed E-state index contributed by atoms with van der Waals surface area (Å²) in [6.45, 7) is 9.63. The number of hydrogen-bond donors (Lipinski definition) is 0. The summed E-state index contributed by atoms with van der Waals surface area (Å²) in [5.41, 5.74) is 1.50. The summed E-state index contributed by atoms with van der Waals surface area (Å²) in [5, 5.41) is 1.67. The van der Waals surface area contributed by atoms with Gasteiger partial charge in [0.25, 0.3) is 0 Å². The Balaban J connectivity index is 2.48. The highest BCUT2D eigenvalue weighted by Crippen LogP contribution is 2.21. The van der Waals surface area contributed by atoms with E-state index >= 15 is 0 Å². The van der Waals surface area contributed by atoms with Gasteiger partial charge in [-0.2, -0.15) is 0 Å². The summed E-state index contributed by atoms with van der Waals surface area (Å²) in [4.78, 5) is 0. The van der Waals surface area contributed by atoms with Gasteiger partial charge in [0.2, 0.25) is 0 Å². The minimum atomic E-state index is -1.25. The van der Waals surface area contributed by atoms with Gasteiger partial charge in [0.15, 0.2) is 0 Å². The van der Waals surface area contributed by atoms with Crippen molar-refractivity contribution in [3.05, 3.63) is 47.2 Å². The van der Waals surface area contributed by atoms with Crippen LogP contribution in [0.1, 0.15) is 51.5 Å². The van der Waals surface area contributed by atoms with E-state index in [0.717, 1.165) is 0 Å². The Labute approximate surface area is 121 Å². The van der Waals surface area contributed by atoms with Crippen LogP contribution in [0.2, 0.25) is 13.1 Å². The largest absolute Gasteiger partial charge is 0.0894 e. The number of rotatable bonds is 8. The molecule has 106 valence electrons. The van der Waals surface area contributed by atoms with Gasteiger partial charge in [-0.25, -0.2) is 0 Å². The van der Waals surface area contributed by atoms with Crippen LogP contribution in [-0.4, -0.2) is 8.07 Å². The molecule has 19 heavy (non-hydrogen) atoms. The first-order chi connectivity index (χ1) is 9.06. The van der Waals surface area contributed by atoms with Gasteiger partial charge in [-0.3, -0.25) is 0 Å². The molecule has 0 nitrogen and oxygen atoms in total. The molecule has 0 aliphatic carbocycles. The molecular formula is C18H30Si. The predicted octanol–water partition coefficient (Wildman–Crippen LogP) is 5.93. The summed E-state index contributed by atoms with van der Waals surface area (Å²) >= 11 is 0. The average Bonchev–Trinajstić information content (AvgIpc) is 2.39. The zero-order valence-electron chi connectivity index (χ0n) is 13.2. The second kappa shape index (κ2) is 8.37. The Morgan fingerprint density at radius 3 is 2.37 bits per heavy atom. The summed E-state index contributed by atoms with van der Waals surface area (Å²) in [5.74, 6) is 0. The van der Waals surface area contributed by atoms with E-state index in [0.29, 0.717) is 0 Å². The number of hydrogen-bond acceptors (Lipinski definition) is 0. The van der Waals surface area contributed by atoms with Gasteiger partial charge in [0.1, 0.15) is 0 Å². The lowest BCUT2D eigenvalue weighted by atomic mass is 10.1. The SMILES string of the molecule is CCCCCC/C=C(\C)[Si](C)(C)Cc1ccccc1. The monoisotopic (exact) mass is 274 g/mol. The van der Waals surface area contributed by atoms with Crippen LogP contribution in [0, 0.1) is 0 Å². The van der Waals surface area contributed by atoms with Crippen molar-refractivity contribution in [1.82, 2.24) is 0 Å². The topological polar surface area (TPSA) is 0 Å². The van der Waals surface area contributed by atoms with Gasteiger partial charge < -0.3 is 0 Å². The van der Waals surface area contributed by atoms with Crippen LogP contribution in [0.15, 0.2) is 41.6 Å². The minimum Gasteiger partial charge on any atom is -0.0894 e. The molecule has 0 unspecified atom stereocenters. The van der Waals surface area contributed by atoms with Crippen LogP contribution >= 0.6 is 0 Å². The molecule has 0 saturated carbocycles. The highest BCUT2D eigenvalue weighted by molar-refractivity contribution is 6.83. The van der Waals surface area contributed by atoms with Crippen LogP contribution in [0.5, 0.6) is 0 Å². The zero-order valence-corrected chi connectivity index (χ0v) is 14.2. The Hall–Kier alpha value is -0.823. The Morgan fingerprint density at radius 1 is 1.05 bits per heavy atom. The fraction of sp³-hybridized carbons (Fsp3) is 0.556. The smallest absolute Gasteiger partial charge is 0.0789 e. The number of benzene rings is 1. The van der Waals surface area contributed by atoms with Crippen molar-refractivity contribution in [2.45, 2.75) is 65.1 Å². The van der Waals surface area contributed by atoms with Crippen molar-refractivity contribution < 1.29 is 0 Å². The third-order valence-corrected chi connectivity index (χ3v) is 7.70.